The van der Waals surface area contributed by atoms with Crippen LogP contribution in [0.15, 0.2) is 52.1 Å². The van der Waals surface area contributed by atoms with E-state index >= 15 is 0 Å². The lowest BCUT2D eigenvalue weighted by Gasteiger charge is -2.20. The molecular weight excluding hydrogens is 374 g/mol. The topological polar surface area (TPSA) is 68.5 Å². The predicted octanol–water partition coefficient (Wildman–Crippen LogP) is 4.23. The normalized spacial score (nSPS) is 10.7. The minimum absolute atomic E-state index is 0.124. The van der Waals surface area contributed by atoms with Crippen molar-refractivity contribution in [3.05, 3.63) is 59.5 Å². The van der Waals surface area contributed by atoms with Crippen LogP contribution in [0.5, 0.6) is 5.75 Å². The molecule has 7 heteroatoms. The Labute approximate surface area is 168 Å². The van der Waals surface area contributed by atoms with E-state index in [4.69, 9.17) is 9.15 Å². The van der Waals surface area contributed by atoms with E-state index in [9.17, 15) is 4.79 Å². The number of furan rings is 1. The van der Waals surface area contributed by atoms with Crippen LogP contribution < -0.4 is 4.74 Å². The van der Waals surface area contributed by atoms with Gasteiger partial charge < -0.3 is 14.1 Å². The molecule has 0 spiro atoms. The van der Waals surface area contributed by atoms with E-state index in [1.807, 2.05) is 44.4 Å². The molecule has 0 saturated carbocycles. The molecule has 28 heavy (non-hydrogen) atoms. The maximum atomic E-state index is 13.0. The van der Waals surface area contributed by atoms with Crippen molar-refractivity contribution in [1.29, 1.82) is 0 Å². The summed E-state index contributed by atoms with van der Waals surface area (Å²) in [5.74, 6) is 1.77. The molecule has 1 amide bonds. The molecule has 2 heterocycles. The number of hydrogen-bond acceptors (Lipinski definition) is 6. The van der Waals surface area contributed by atoms with E-state index in [-0.39, 0.29) is 5.91 Å². The summed E-state index contributed by atoms with van der Waals surface area (Å²) in [6.07, 6.45) is 3.47. The second-order valence-electron chi connectivity index (χ2n) is 6.33. The number of para-hydroxylation sites is 1. The summed E-state index contributed by atoms with van der Waals surface area (Å²) in [6, 6.07) is 11.4. The minimum Gasteiger partial charge on any atom is -0.491 e. The monoisotopic (exact) mass is 397 g/mol. The van der Waals surface area contributed by atoms with Crippen LogP contribution in [-0.2, 0) is 0 Å². The number of rotatable bonds is 7. The molecule has 0 aliphatic rings. The largest absolute Gasteiger partial charge is 0.491 e. The molecule has 0 atom stereocenters. The predicted molar refractivity (Wildman–Crippen MR) is 110 cm³/mol. The van der Waals surface area contributed by atoms with Crippen molar-refractivity contribution in [3.63, 3.8) is 0 Å². The van der Waals surface area contributed by atoms with Crippen molar-refractivity contribution in [1.82, 2.24) is 14.9 Å². The fraction of sp³-hybridized carbons (Fsp3) is 0.286. The SMILES string of the molecule is CSc1nc(-c2ccco2)nc(C)c1C(=O)N(C)CCOc1ccccc1C. The Morgan fingerprint density at radius 3 is 2.64 bits per heavy atom. The molecule has 0 aliphatic carbocycles. The maximum Gasteiger partial charge on any atom is 0.258 e. The Kier molecular flexibility index (Phi) is 6.36. The van der Waals surface area contributed by atoms with Gasteiger partial charge in [0.05, 0.1) is 24.1 Å². The fourth-order valence-electron chi connectivity index (χ4n) is 2.76. The van der Waals surface area contributed by atoms with Gasteiger partial charge in [0.2, 0.25) is 0 Å². The summed E-state index contributed by atoms with van der Waals surface area (Å²) < 4.78 is 11.2. The molecule has 0 saturated heterocycles. The average Bonchev–Trinajstić information content (AvgIpc) is 3.23. The quantitative estimate of drug-likeness (QED) is 0.439. The average molecular weight is 398 g/mol. The molecule has 0 radical (unpaired) electrons. The summed E-state index contributed by atoms with van der Waals surface area (Å²) in [5, 5.41) is 0.635. The van der Waals surface area contributed by atoms with Gasteiger partial charge in [-0.15, -0.1) is 11.8 Å². The van der Waals surface area contributed by atoms with Crippen LogP contribution in [0.3, 0.4) is 0 Å². The Balaban J connectivity index is 1.73. The molecular formula is C21H23N3O3S. The minimum atomic E-state index is -0.124. The molecule has 3 rings (SSSR count). The second-order valence-corrected chi connectivity index (χ2v) is 7.13. The summed E-state index contributed by atoms with van der Waals surface area (Å²) in [7, 11) is 1.76. The van der Waals surface area contributed by atoms with Crippen molar-refractivity contribution < 1.29 is 13.9 Å². The molecule has 3 aromatic rings. The molecule has 0 N–H and O–H groups in total. The molecule has 0 aliphatic heterocycles. The van der Waals surface area contributed by atoms with Gasteiger partial charge in [0.15, 0.2) is 11.6 Å². The third-order valence-corrected chi connectivity index (χ3v) is 5.01. The van der Waals surface area contributed by atoms with Gasteiger partial charge in [-0.25, -0.2) is 9.97 Å². The van der Waals surface area contributed by atoms with Crippen LogP contribution in [0.4, 0.5) is 0 Å². The lowest BCUT2D eigenvalue weighted by atomic mass is 10.2. The van der Waals surface area contributed by atoms with Crippen molar-refractivity contribution in [2.45, 2.75) is 18.9 Å². The zero-order valence-electron chi connectivity index (χ0n) is 16.4. The highest BCUT2D eigenvalue weighted by atomic mass is 32.2. The van der Waals surface area contributed by atoms with E-state index in [2.05, 4.69) is 9.97 Å². The fourth-order valence-corrected chi connectivity index (χ4v) is 3.38. The van der Waals surface area contributed by atoms with Gasteiger partial charge in [0.1, 0.15) is 17.4 Å². The third-order valence-electron chi connectivity index (χ3n) is 4.33. The van der Waals surface area contributed by atoms with Gasteiger partial charge in [-0.2, -0.15) is 0 Å². The summed E-state index contributed by atoms with van der Waals surface area (Å²) in [4.78, 5) is 23.6. The highest BCUT2D eigenvalue weighted by molar-refractivity contribution is 7.98. The molecule has 2 aromatic heterocycles. The molecule has 0 unspecified atom stereocenters. The molecule has 146 valence electrons. The lowest BCUT2D eigenvalue weighted by Crippen LogP contribution is -2.32. The number of amides is 1. The molecule has 1 aromatic carbocycles. The highest BCUT2D eigenvalue weighted by Gasteiger charge is 2.22. The zero-order valence-corrected chi connectivity index (χ0v) is 17.2. The molecule has 0 bridgehead atoms. The van der Waals surface area contributed by atoms with Gasteiger partial charge in [0, 0.05) is 7.05 Å². The number of benzene rings is 1. The third kappa shape index (κ3) is 4.36. The Bertz CT molecular complexity index is 958. The van der Waals surface area contributed by atoms with Gasteiger partial charge in [-0.05, 0) is 43.9 Å². The van der Waals surface area contributed by atoms with Crippen LogP contribution in [-0.4, -0.2) is 47.2 Å². The van der Waals surface area contributed by atoms with Crippen molar-refractivity contribution in [3.8, 4) is 17.3 Å². The highest BCUT2D eigenvalue weighted by Crippen LogP contribution is 2.26. The smallest absolute Gasteiger partial charge is 0.258 e. The number of nitrogens with zero attached hydrogens (tertiary/aromatic N) is 3. The van der Waals surface area contributed by atoms with Crippen LogP contribution in [0.2, 0.25) is 0 Å². The van der Waals surface area contributed by atoms with Crippen molar-refractivity contribution in [2.75, 3.05) is 26.5 Å². The van der Waals surface area contributed by atoms with Crippen LogP contribution in [0.1, 0.15) is 21.6 Å². The van der Waals surface area contributed by atoms with Gasteiger partial charge in [0.25, 0.3) is 5.91 Å². The Morgan fingerprint density at radius 1 is 1.18 bits per heavy atom. The van der Waals surface area contributed by atoms with E-state index in [1.54, 1.807) is 30.3 Å². The number of thioether (sulfide) groups is 1. The summed E-state index contributed by atoms with van der Waals surface area (Å²) >= 11 is 1.42. The van der Waals surface area contributed by atoms with Crippen molar-refractivity contribution >= 4 is 17.7 Å². The van der Waals surface area contributed by atoms with Crippen LogP contribution in [0, 0.1) is 13.8 Å². The van der Waals surface area contributed by atoms with E-state index in [0.717, 1.165) is 11.3 Å². The van der Waals surface area contributed by atoms with Gasteiger partial charge in [-0.3, -0.25) is 4.79 Å². The van der Waals surface area contributed by atoms with Crippen molar-refractivity contribution in [2.24, 2.45) is 0 Å². The first-order valence-electron chi connectivity index (χ1n) is 8.91. The summed E-state index contributed by atoms with van der Waals surface area (Å²) in [5.41, 5.74) is 2.21. The Hall–Kier alpha value is -2.80. The number of aromatic nitrogens is 2. The number of ether oxygens (including phenoxy) is 1. The molecule has 0 fully saturated rings. The number of carbonyl (C=O) groups is 1. The van der Waals surface area contributed by atoms with Crippen LogP contribution >= 0.6 is 11.8 Å². The zero-order chi connectivity index (χ0) is 20.1. The second kappa shape index (κ2) is 8.93. The number of carbonyl (C=O) groups excluding carboxylic acids is 1. The van der Waals surface area contributed by atoms with E-state index in [0.29, 0.717) is 41.0 Å². The van der Waals surface area contributed by atoms with Gasteiger partial charge >= 0.3 is 0 Å². The summed E-state index contributed by atoms with van der Waals surface area (Å²) in [6.45, 7) is 4.68. The van der Waals surface area contributed by atoms with E-state index in [1.165, 1.54) is 11.8 Å². The van der Waals surface area contributed by atoms with E-state index < -0.39 is 0 Å². The lowest BCUT2D eigenvalue weighted by molar-refractivity contribution is 0.0768. The first-order valence-corrected chi connectivity index (χ1v) is 10.1. The Morgan fingerprint density at radius 2 is 1.96 bits per heavy atom. The molecule has 6 nitrogen and oxygen atoms in total. The maximum absolute atomic E-state index is 13.0. The van der Waals surface area contributed by atoms with Crippen LogP contribution in [0.25, 0.3) is 11.6 Å². The number of aryl methyl sites for hydroxylation is 2. The number of hydrogen-bond donors (Lipinski definition) is 0. The standard InChI is InChI=1S/C21H23N3O3S/c1-14-8-5-6-9-16(14)27-13-11-24(3)21(25)18-15(2)22-19(23-20(18)28-4)17-10-7-12-26-17/h5-10,12H,11,13H2,1-4H3. The van der Waals surface area contributed by atoms with Gasteiger partial charge in [-0.1, -0.05) is 18.2 Å². The number of likely N-dealkylation sites (N-methyl/N-ethyl adjacent to an activating group) is 1. The first kappa shape index (κ1) is 19.9. The first-order chi connectivity index (χ1) is 13.5.